The number of amides is 2. The van der Waals surface area contributed by atoms with E-state index >= 15 is 0 Å². The van der Waals surface area contributed by atoms with Crippen LogP contribution in [0, 0.1) is 5.82 Å². The highest BCUT2D eigenvalue weighted by Crippen LogP contribution is 2.36. The Morgan fingerprint density at radius 2 is 1.88 bits per heavy atom. The fourth-order valence-corrected chi connectivity index (χ4v) is 4.52. The van der Waals surface area contributed by atoms with Crippen molar-refractivity contribution in [3.8, 4) is 11.3 Å². The summed E-state index contributed by atoms with van der Waals surface area (Å²) in [5.74, 6) is -0.877. The molecule has 1 aromatic carbocycles. The minimum absolute atomic E-state index is 0.0392. The van der Waals surface area contributed by atoms with Crippen LogP contribution in [0.2, 0.25) is 5.02 Å². The van der Waals surface area contributed by atoms with Crippen molar-refractivity contribution in [2.45, 2.75) is 52.0 Å². The summed E-state index contributed by atoms with van der Waals surface area (Å²) in [6, 6.07) is 8.01. The number of benzene rings is 1. The molecule has 0 unspecified atom stereocenters. The fourth-order valence-electron chi connectivity index (χ4n) is 4.41. The number of hydrogen-bond donors (Lipinski definition) is 0. The quantitative estimate of drug-likeness (QED) is 0.469. The Hall–Kier alpha value is -2.93. The molecule has 0 spiro atoms. The van der Waals surface area contributed by atoms with Crippen LogP contribution in [0.1, 0.15) is 57.2 Å². The highest BCUT2D eigenvalue weighted by atomic mass is 35.5. The number of furan rings is 1. The number of rotatable bonds is 2. The topological polar surface area (TPSA) is 66.7 Å². The van der Waals surface area contributed by atoms with E-state index < -0.39 is 11.4 Å². The van der Waals surface area contributed by atoms with Crippen molar-refractivity contribution >= 4 is 34.5 Å². The van der Waals surface area contributed by atoms with Crippen LogP contribution in [-0.4, -0.2) is 52.3 Å². The molecular weight excluding hydrogens is 457 g/mol. The Kier molecular flexibility index (Phi) is 5.96. The number of nitrogens with zero attached hydrogens (tertiary/aromatic N) is 3. The van der Waals surface area contributed by atoms with Gasteiger partial charge in [-0.05, 0) is 43.9 Å². The van der Waals surface area contributed by atoms with E-state index in [9.17, 15) is 14.0 Å². The number of aromatic nitrogens is 1. The second-order valence-corrected chi connectivity index (χ2v) is 10.8. The van der Waals surface area contributed by atoms with Gasteiger partial charge in [-0.1, -0.05) is 38.4 Å². The first-order valence-electron chi connectivity index (χ1n) is 11.3. The minimum Gasteiger partial charge on any atom is -0.449 e. The predicted molar refractivity (Wildman–Crippen MR) is 130 cm³/mol. The van der Waals surface area contributed by atoms with Gasteiger partial charge >= 0.3 is 0 Å². The standard InChI is InChI=1S/C26H29ClFN3O3/c1-25(2,3)16-13-19(15-8-9-17(27)18(28)12-15)29-20-14-21(34-22(16)20)23(32)31-11-7-10-30(6)24(33)26(31,4)5/h8-9,12-14H,7,10-11H2,1-6H3. The molecule has 0 atom stereocenters. The molecule has 0 N–H and O–H groups in total. The zero-order valence-corrected chi connectivity index (χ0v) is 21.1. The third kappa shape index (κ3) is 4.17. The monoisotopic (exact) mass is 485 g/mol. The molecular formula is C26H29ClFN3O3. The fraction of sp³-hybridized carbons (Fsp3) is 0.423. The van der Waals surface area contributed by atoms with Gasteiger partial charge < -0.3 is 14.2 Å². The molecule has 6 nitrogen and oxygen atoms in total. The maximum atomic E-state index is 14.1. The lowest BCUT2D eigenvalue weighted by Crippen LogP contribution is -2.55. The van der Waals surface area contributed by atoms with Crippen molar-refractivity contribution < 1.29 is 18.4 Å². The van der Waals surface area contributed by atoms with Crippen LogP contribution >= 0.6 is 11.6 Å². The molecule has 3 aromatic rings. The molecule has 3 heterocycles. The second kappa shape index (κ2) is 8.38. The van der Waals surface area contributed by atoms with Gasteiger partial charge in [0.25, 0.3) is 5.91 Å². The first-order chi connectivity index (χ1) is 15.8. The van der Waals surface area contributed by atoms with Gasteiger partial charge in [0.15, 0.2) is 11.3 Å². The first kappa shape index (κ1) is 24.2. The summed E-state index contributed by atoms with van der Waals surface area (Å²) in [5, 5.41) is 0.0392. The predicted octanol–water partition coefficient (Wildman–Crippen LogP) is 5.67. The number of halogens is 2. The smallest absolute Gasteiger partial charge is 0.290 e. The van der Waals surface area contributed by atoms with E-state index in [4.69, 9.17) is 16.0 Å². The summed E-state index contributed by atoms with van der Waals surface area (Å²) < 4.78 is 20.2. The third-order valence-corrected chi connectivity index (χ3v) is 6.69. The maximum absolute atomic E-state index is 14.1. The second-order valence-electron chi connectivity index (χ2n) is 10.4. The molecule has 0 radical (unpaired) electrons. The molecule has 1 fully saturated rings. The molecule has 180 valence electrons. The number of pyridine rings is 1. The number of carbonyl (C=O) groups excluding carboxylic acids is 2. The van der Waals surface area contributed by atoms with Gasteiger partial charge in [-0.3, -0.25) is 9.59 Å². The average molecular weight is 486 g/mol. The largest absolute Gasteiger partial charge is 0.449 e. The number of fused-ring (bicyclic) bond motifs is 1. The van der Waals surface area contributed by atoms with Gasteiger partial charge in [-0.15, -0.1) is 0 Å². The Morgan fingerprint density at radius 3 is 2.53 bits per heavy atom. The first-order valence-corrected chi connectivity index (χ1v) is 11.7. The van der Waals surface area contributed by atoms with E-state index in [2.05, 4.69) is 4.98 Å². The molecule has 1 aliphatic rings. The van der Waals surface area contributed by atoms with Crippen molar-refractivity contribution in [3.05, 3.63) is 52.5 Å². The van der Waals surface area contributed by atoms with E-state index in [1.165, 1.54) is 12.1 Å². The minimum atomic E-state index is -1.01. The summed E-state index contributed by atoms with van der Waals surface area (Å²) in [6.45, 7) is 10.6. The number of likely N-dealkylation sites (N-methyl/N-ethyl adjacent to an activating group) is 1. The summed E-state index contributed by atoms with van der Waals surface area (Å²) >= 11 is 5.85. The van der Waals surface area contributed by atoms with E-state index in [0.29, 0.717) is 41.9 Å². The van der Waals surface area contributed by atoms with Crippen LogP contribution in [-0.2, 0) is 10.2 Å². The van der Waals surface area contributed by atoms with Crippen molar-refractivity contribution in [2.75, 3.05) is 20.1 Å². The number of hydrogen-bond acceptors (Lipinski definition) is 4. The van der Waals surface area contributed by atoms with Gasteiger partial charge in [0.2, 0.25) is 5.91 Å². The molecule has 1 saturated heterocycles. The normalized spacial score (nSPS) is 16.8. The van der Waals surface area contributed by atoms with E-state index in [-0.39, 0.29) is 28.0 Å². The SMILES string of the molecule is CN1CCCN(C(=O)c2cc3nc(-c4ccc(Cl)c(F)c4)cc(C(C)(C)C)c3o2)C(C)(C)C1=O. The summed E-state index contributed by atoms with van der Waals surface area (Å²) in [4.78, 5) is 34.3. The lowest BCUT2D eigenvalue weighted by molar-refractivity contribution is -0.138. The van der Waals surface area contributed by atoms with Crippen LogP contribution in [0.15, 0.2) is 34.7 Å². The Labute approximate surface area is 203 Å². The third-order valence-electron chi connectivity index (χ3n) is 6.38. The van der Waals surface area contributed by atoms with Crippen molar-refractivity contribution in [1.82, 2.24) is 14.8 Å². The number of carbonyl (C=O) groups is 2. The van der Waals surface area contributed by atoms with Crippen molar-refractivity contribution in [1.29, 1.82) is 0 Å². The average Bonchev–Trinajstić information content (AvgIpc) is 3.16. The Bertz CT molecular complexity index is 1290. The zero-order chi connectivity index (χ0) is 25.0. The summed E-state index contributed by atoms with van der Waals surface area (Å²) in [6.07, 6.45) is 0.676. The lowest BCUT2D eigenvalue weighted by Gasteiger charge is -2.35. The van der Waals surface area contributed by atoms with Gasteiger partial charge in [-0.25, -0.2) is 9.37 Å². The molecule has 8 heteroatoms. The van der Waals surface area contributed by atoms with Crippen LogP contribution in [0.25, 0.3) is 22.4 Å². The van der Waals surface area contributed by atoms with E-state index in [1.54, 1.807) is 42.8 Å². The summed E-state index contributed by atoms with van der Waals surface area (Å²) in [5.41, 5.74) is 1.63. The Morgan fingerprint density at radius 1 is 1.18 bits per heavy atom. The molecule has 0 bridgehead atoms. The maximum Gasteiger partial charge on any atom is 0.290 e. The molecule has 34 heavy (non-hydrogen) atoms. The van der Waals surface area contributed by atoms with Crippen LogP contribution < -0.4 is 0 Å². The van der Waals surface area contributed by atoms with Gasteiger partial charge in [0.1, 0.15) is 16.9 Å². The van der Waals surface area contributed by atoms with Crippen LogP contribution in [0.3, 0.4) is 0 Å². The van der Waals surface area contributed by atoms with Gasteiger partial charge in [-0.2, -0.15) is 0 Å². The summed E-state index contributed by atoms with van der Waals surface area (Å²) in [7, 11) is 1.75. The zero-order valence-electron chi connectivity index (χ0n) is 20.3. The van der Waals surface area contributed by atoms with Crippen molar-refractivity contribution in [3.63, 3.8) is 0 Å². The molecule has 4 rings (SSSR count). The highest BCUT2D eigenvalue weighted by Gasteiger charge is 2.42. The molecule has 2 amide bonds. The molecule has 1 aliphatic heterocycles. The molecule has 2 aromatic heterocycles. The van der Waals surface area contributed by atoms with Gasteiger partial charge in [0.05, 0.1) is 10.7 Å². The molecule has 0 aliphatic carbocycles. The van der Waals surface area contributed by atoms with E-state index in [1.807, 2.05) is 26.8 Å². The lowest BCUT2D eigenvalue weighted by atomic mass is 9.86. The van der Waals surface area contributed by atoms with Gasteiger partial charge in [0, 0.05) is 37.3 Å². The van der Waals surface area contributed by atoms with Crippen LogP contribution in [0.4, 0.5) is 4.39 Å². The van der Waals surface area contributed by atoms with Crippen molar-refractivity contribution in [2.24, 2.45) is 0 Å². The molecule has 0 saturated carbocycles. The Balaban J connectivity index is 1.83. The highest BCUT2D eigenvalue weighted by molar-refractivity contribution is 6.30. The van der Waals surface area contributed by atoms with Crippen LogP contribution in [0.5, 0.6) is 0 Å². The van der Waals surface area contributed by atoms with E-state index in [0.717, 1.165) is 5.56 Å².